The molecule has 1 fully saturated rings. The fourth-order valence-corrected chi connectivity index (χ4v) is 2.54. The van der Waals surface area contributed by atoms with Crippen molar-refractivity contribution in [2.75, 3.05) is 17.2 Å². The summed E-state index contributed by atoms with van der Waals surface area (Å²) in [6.45, 7) is 1.96. The van der Waals surface area contributed by atoms with E-state index < -0.39 is 16.8 Å². The Morgan fingerprint density at radius 1 is 1.19 bits per heavy atom. The number of amides is 1. The highest BCUT2D eigenvalue weighted by atomic mass is 16.6. The minimum atomic E-state index is -0.511. The number of esters is 1. The average molecular weight is 369 g/mol. The van der Waals surface area contributed by atoms with Crippen molar-refractivity contribution in [2.24, 2.45) is 0 Å². The second-order valence-electron chi connectivity index (χ2n) is 6.16. The van der Waals surface area contributed by atoms with Gasteiger partial charge in [0.2, 0.25) is 0 Å². The van der Waals surface area contributed by atoms with Gasteiger partial charge >= 0.3 is 5.97 Å². The van der Waals surface area contributed by atoms with E-state index in [1.165, 1.54) is 18.2 Å². The fourth-order valence-electron chi connectivity index (χ4n) is 2.54. The third-order valence-corrected chi connectivity index (χ3v) is 4.03. The number of nitro benzene ring substituents is 1. The van der Waals surface area contributed by atoms with Gasteiger partial charge in [-0.3, -0.25) is 14.9 Å². The molecule has 2 aromatic rings. The van der Waals surface area contributed by atoms with Crippen molar-refractivity contribution in [1.29, 1.82) is 0 Å². The maximum absolute atomic E-state index is 12.5. The monoisotopic (exact) mass is 369 g/mol. The molecule has 0 bridgehead atoms. The van der Waals surface area contributed by atoms with Crippen LogP contribution in [0.15, 0.2) is 42.5 Å². The molecule has 0 spiro atoms. The number of hydrogen-bond donors (Lipinski definition) is 2. The number of ether oxygens (including phenoxy) is 1. The van der Waals surface area contributed by atoms with Crippen LogP contribution in [0.4, 0.5) is 17.1 Å². The van der Waals surface area contributed by atoms with Crippen molar-refractivity contribution in [3.8, 4) is 0 Å². The molecule has 1 aliphatic carbocycles. The first-order valence-electron chi connectivity index (χ1n) is 8.61. The lowest BCUT2D eigenvalue weighted by molar-refractivity contribution is -0.384. The molecule has 0 heterocycles. The number of carbonyl (C=O) groups is 2. The third-order valence-electron chi connectivity index (χ3n) is 4.03. The van der Waals surface area contributed by atoms with Crippen LogP contribution in [0.25, 0.3) is 0 Å². The molecule has 0 aliphatic heterocycles. The largest absolute Gasteiger partial charge is 0.462 e. The van der Waals surface area contributed by atoms with Gasteiger partial charge in [0.05, 0.1) is 17.1 Å². The Hall–Kier alpha value is -3.42. The fraction of sp³-hybridized carbons (Fsp3) is 0.263. The number of nitrogens with zero attached hydrogens (tertiary/aromatic N) is 1. The SMILES string of the molecule is CCOC(=O)c1cccc(NC(=O)c2ccc(NC3CC3)c([N+](=O)[O-])c2)c1. The van der Waals surface area contributed by atoms with E-state index in [0.29, 0.717) is 16.9 Å². The van der Waals surface area contributed by atoms with E-state index in [1.54, 1.807) is 31.2 Å². The Kier molecular flexibility index (Phi) is 5.35. The Morgan fingerprint density at radius 2 is 1.96 bits per heavy atom. The van der Waals surface area contributed by atoms with Crippen LogP contribution in [0.2, 0.25) is 0 Å². The highest BCUT2D eigenvalue weighted by molar-refractivity contribution is 6.05. The smallest absolute Gasteiger partial charge is 0.338 e. The predicted octanol–water partition coefficient (Wildman–Crippen LogP) is 3.60. The van der Waals surface area contributed by atoms with E-state index in [-0.39, 0.29) is 23.9 Å². The van der Waals surface area contributed by atoms with Gasteiger partial charge < -0.3 is 15.4 Å². The summed E-state index contributed by atoms with van der Waals surface area (Å²) in [5, 5.41) is 17.1. The average Bonchev–Trinajstić information content (AvgIpc) is 3.46. The van der Waals surface area contributed by atoms with Crippen LogP contribution in [-0.2, 0) is 4.74 Å². The van der Waals surface area contributed by atoms with E-state index in [1.807, 2.05) is 0 Å². The summed E-state index contributed by atoms with van der Waals surface area (Å²) < 4.78 is 4.93. The van der Waals surface area contributed by atoms with E-state index >= 15 is 0 Å². The summed E-state index contributed by atoms with van der Waals surface area (Å²) in [5.74, 6) is -0.989. The molecule has 27 heavy (non-hydrogen) atoms. The van der Waals surface area contributed by atoms with Crippen LogP contribution in [0.1, 0.15) is 40.5 Å². The lowest BCUT2D eigenvalue weighted by atomic mass is 10.1. The second-order valence-corrected chi connectivity index (χ2v) is 6.16. The Balaban J connectivity index is 1.77. The summed E-state index contributed by atoms with van der Waals surface area (Å²) in [7, 11) is 0. The Morgan fingerprint density at radius 3 is 2.63 bits per heavy atom. The lowest BCUT2D eigenvalue weighted by Crippen LogP contribution is -2.14. The lowest BCUT2D eigenvalue weighted by Gasteiger charge is -2.09. The van der Waals surface area contributed by atoms with Gasteiger partial charge in [-0.2, -0.15) is 0 Å². The number of nitrogens with one attached hydrogen (secondary N) is 2. The first-order chi connectivity index (χ1) is 13.0. The first-order valence-corrected chi connectivity index (χ1v) is 8.61. The maximum Gasteiger partial charge on any atom is 0.338 e. The van der Waals surface area contributed by atoms with Crippen LogP contribution >= 0.6 is 0 Å². The molecule has 0 unspecified atom stereocenters. The van der Waals surface area contributed by atoms with Crippen LogP contribution < -0.4 is 10.6 Å². The van der Waals surface area contributed by atoms with Crippen molar-refractivity contribution in [3.63, 3.8) is 0 Å². The number of hydrogen-bond acceptors (Lipinski definition) is 6. The number of carbonyl (C=O) groups excluding carboxylic acids is 2. The van der Waals surface area contributed by atoms with Crippen LogP contribution in [0.5, 0.6) is 0 Å². The van der Waals surface area contributed by atoms with Crippen molar-refractivity contribution < 1.29 is 19.2 Å². The minimum absolute atomic E-state index is 0.144. The Bertz CT molecular complexity index is 893. The molecule has 0 atom stereocenters. The minimum Gasteiger partial charge on any atom is -0.462 e. The molecule has 8 nitrogen and oxygen atoms in total. The molecular formula is C19H19N3O5. The van der Waals surface area contributed by atoms with E-state index in [4.69, 9.17) is 4.74 Å². The molecule has 1 saturated carbocycles. The van der Waals surface area contributed by atoms with E-state index in [2.05, 4.69) is 10.6 Å². The highest BCUT2D eigenvalue weighted by Crippen LogP contribution is 2.31. The molecule has 0 saturated heterocycles. The molecule has 1 aliphatic rings. The molecule has 1 amide bonds. The van der Waals surface area contributed by atoms with Crippen molar-refractivity contribution >= 4 is 28.9 Å². The number of benzene rings is 2. The molecule has 8 heteroatoms. The first kappa shape index (κ1) is 18.4. The molecule has 0 aromatic heterocycles. The molecule has 0 radical (unpaired) electrons. The highest BCUT2D eigenvalue weighted by Gasteiger charge is 2.25. The standard InChI is InChI=1S/C19H19N3O5/c1-2-27-19(24)13-4-3-5-15(10-13)21-18(23)12-6-9-16(20-14-7-8-14)17(11-12)22(25)26/h3-6,9-11,14,20H,2,7-8H2,1H3,(H,21,23). The normalized spacial score (nSPS) is 12.9. The maximum atomic E-state index is 12.5. The molecular weight excluding hydrogens is 350 g/mol. The van der Waals surface area contributed by atoms with Crippen molar-refractivity contribution in [1.82, 2.24) is 0 Å². The number of anilines is 2. The predicted molar refractivity (Wildman–Crippen MR) is 100 cm³/mol. The molecule has 140 valence electrons. The van der Waals surface area contributed by atoms with Gasteiger partial charge in [-0.1, -0.05) is 6.07 Å². The summed E-state index contributed by atoms with van der Waals surface area (Å²) >= 11 is 0. The zero-order chi connectivity index (χ0) is 19.4. The van der Waals surface area contributed by atoms with E-state index in [9.17, 15) is 19.7 Å². The zero-order valence-corrected chi connectivity index (χ0v) is 14.7. The molecule has 2 N–H and O–H groups in total. The van der Waals surface area contributed by atoms with Crippen molar-refractivity contribution in [2.45, 2.75) is 25.8 Å². The summed E-state index contributed by atoms with van der Waals surface area (Å²) in [6, 6.07) is 10.9. The van der Waals surface area contributed by atoms with Crippen molar-refractivity contribution in [3.05, 3.63) is 63.7 Å². The second kappa shape index (κ2) is 7.86. The number of nitro groups is 1. The van der Waals surface area contributed by atoms with Crippen LogP contribution in [0.3, 0.4) is 0 Å². The van der Waals surface area contributed by atoms with Gasteiger partial charge in [0.1, 0.15) is 5.69 Å². The quantitative estimate of drug-likeness (QED) is 0.438. The summed E-state index contributed by atoms with van der Waals surface area (Å²) in [6.07, 6.45) is 1.96. The van der Waals surface area contributed by atoms with E-state index in [0.717, 1.165) is 12.8 Å². The van der Waals surface area contributed by atoms with Gasteiger partial charge in [0, 0.05) is 23.4 Å². The zero-order valence-electron chi connectivity index (χ0n) is 14.7. The van der Waals surface area contributed by atoms with Crippen LogP contribution in [0, 0.1) is 10.1 Å². The summed E-state index contributed by atoms with van der Waals surface area (Å²) in [5.41, 5.74) is 1.13. The van der Waals surface area contributed by atoms with Gasteiger partial charge in [0.15, 0.2) is 0 Å². The number of rotatable bonds is 7. The third kappa shape index (κ3) is 4.60. The van der Waals surface area contributed by atoms with Gasteiger partial charge in [-0.25, -0.2) is 4.79 Å². The topological polar surface area (TPSA) is 111 Å². The van der Waals surface area contributed by atoms with Gasteiger partial charge in [0.25, 0.3) is 11.6 Å². The summed E-state index contributed by atoms with van der Waals surface area (Å²) in [4.78, 5) is 35.1. The molecule has 3 rings (SSSR count). The van der Waals surface area contributed by atoms with Gasteiger partial charge in [-0.15, -0.1) is 0 Å². The van der Waals surface area contributed by atoms with Gasteiger partial charge in [-0.05, 0) is 50.1 Å². The van der Waals surface area contributed by atoms with Crippen LogP contribution in [-0.4, -0.2) is 29.4 Å². The Labute approximate surface area is 155 Å². The molecule has 2 aromatic carbocycles.